The topological polar surface area (TPSA) is 55.3 Å². The van der Waals surface area contributed by atoms with E-state index >= 15 is 0 Å². The predicted molar refractivity (Wildman–Crippen MR) is 110 cm³/mol. The molecule has 0 aliphatic carbocycles. The molecule has 1 saturated heterocycles. The Morgan fingerprint density at radius 2 is 2.00 bits per heavy atom. The minimum absolute atomic E-state index is 0.159. The zero-order chi connectivity index (χ0) is 19.9. The van der Waals surface area contributed by atoms with E-state index in [0.717, 1.165) is 39.1 Å². The maximum atomic E-state index is 13.4. The van der Waals surface area contributed by atoms with Gasteiger partial charge in [-0.2, -0.15) is 0 Å². The Morgan fingerprint density at radius 3 is 2.64 bits per heavy atom. The van der Waals surface area contributed by atoms with Gasteiger partial charge >= 0.3 is 0 Å². The van der Waals surface area contributed by atoms with Gasteiger partial charge in [0, 0.05) is 48.6 Å². The summed E-state index contributed by atoms with van der Waals surface area (Å²) in [4.78, 5) is 6.96. The maximum absolute atomic E-state index is 13.4. The molecule has 1 aliphatic heterocycles. The van der Waals surface area contributed by atoms with Gasteiger partial charge in [0.1, 0.15) is 16.3 Å². The standard InChI is InChI=1S/C21H21F2N3OS/c1-13-8-15(9-16-10-17(11-24)27-19(13)16)18-3-2-14(12-25-18)20(28)26-6-4-21(22,23)5-7-26/h2-3,8-10,12H,4-7,11,24H2,1H3. The number of fused-ring (bicyclic) bond motifs is 1. The SMILES string of the molecule is Cc1cc(-c2ccc(C(=S)N3CCC(F)(F)CC3)cn2)cc2cc(CN)oc12. The van der Waals surface area contributed by atoms with E-state index in [4.69, 9.17) is 22.4 Å². The second-order valence-electron chi connectivity index (χ2n) is 7.21. The zero-order valence-corrected chi connectivity index (χ0v) is 16.4. The van der Waals surface area contributed by atoms with Crippen LogP contribution in [0.15, 0.2) is 40.9 Å². The fraction of sp³-hybridized carbons (Fsp3) is 0.333. The second-order valence-corrected chi connectivity index (χ2v) is 7.60. The summed E-state index contributed by atoms with van der Waals surface area (Å²) < 4.78 is 32.5. The van der Waals surface area contributed by atoms with Gasteiger partial charge in [0.25, 0.3) is 5.92 Å². The molecule has 2 N–H and O–H groups in total. The number of alkyl halides is 2. The van der Waals surface area contributed by atoms with Gasteiger partial charge in [-0.05, 0) is 42.8 Å². The van der Waals surface area contributed by atoms with Crippen molar-refractivity contribution in [3.63, 3.8) is 0 Å². The fourth-order valence-corrected chi connectivity index (χ4v) is 3.84. The van der Waals surface area contributed by atoms with Gasteiger partial charge in [0.15, 0.2) is 0 Å². The Kier molecular flexibility index (Phi) is 4.89. The average Bonchev–Trinajstić information content (AvgIpc) is 3.11. The molecule has 0 spiro atoms. The Balaban J connectivity index is 1.56. The maximum Gasteiger partial charge on any atom is 0.251 e. The first kappa shape index (κ1) is 19.0. The van der Waals surface area contributed by atoms with Crippen LogP contribution in [-0.2, 0) is 6.54 Å². The Morgan fingerprint density at radius 1 is 1.25 bits per heavy atom. The highest BCUT2D eigenvalue weighted by Crippen LogP contribution is 2.30. The van der Waals surface area contributed by atoms with Crippen LogP contribution >= 0.6 is 12.2 Å². The molecule has 7 heteroatoms. The summed E-state index contributed by atoms with van der Waals surface area (Å²) in [6.07, 6.45) is 1.39. The lowest BCUT2D eigenvalue weighted by Crippen LogP contribution is -2.42. The first-order chi connectivity index (χ1) is 13.4. The third-order valence-electron chi connectivity index (χ3n) is 5.14. The largest absolute Gasteiger partial charge is 0.459 e. The van der Waals surface area contributed by atoms with Gasteiger partial charge in [-0.25, -0.2) is 8.78 Å². The average molecular weight is 401 g/mol. The number of rotatable bonds is 3. The Bertz CT molecular complexity index is 1020. The molecule has 0 saturated carbocycles. The van der Waals surface area contributed by atoms with Crippen LogP contribution < -0.4 is 5.73 Å². The van der Waals surface area contributed by atoms with Gasteiger partial charge in [0.2, 0.25) is 0 Å². The smallest absolute Gasteiger partial charge is 0.251 e. The second kappa shape index (κ2) is 7.22. The lowest BCUT2D eigenvalue weighted by atomic mass is 10.0. The van der Waals surface area contributed by atoms with Crippen molar-refractivity contribution >= 4 is 28.2 Å². The van der Waals surface area contributed by atoms with E-state index < -0.39 is 5.92 Å². The minimum atomic E-state index is -2.58. The van der Waals surface area contributed by atoms with Crippen LogP contribution in [0.4, 0.5) is 8.78 Å². The number of aryl methyl sites for hydroxylation is 1. The molecular formula is C21H21F2N3OS. The number of furan rings is 1. The van der Waals surface area contributed by atoms with Gasteiger partial charge in [-0.15, -0.1) is 0 Å². The highest BCUT2D eigenvalue weighted by atomic mass is 32.1. The molecule has 2 aromatic heterocycles. The molecule has 0 unspecified atom stereocenters. The number of nitrogens with zero attached hydrogens (tertiary/aromatic N) is 2. The molecule has 0 amide bonds. The molecule has 3 heterocycles. The van der Waals surface area contributed by atoms with Crippen LogP contribution in [-0.4, -0.2) is 33.9 Å². The van der Waals surface area contributed by atoms with E-state index in [1.807, 2.05) is 42.2 Å². The van der Waals surface area contributed by atoms with E-state index in [9.17, 15) is 8.78 Å². The molecule has 4 nitrogen and oxygen atoms in total. The molecule has 3 aromatic rings. The molecule has 4 rings (SSSR count). The van der Waals surface area contributed by atoms with Crippen LogP contribution in [0.25, 0.3) is 22.2 Å². The van der Waals surface area contributed by atoms with Gasteiger partial charge in [0.05, 0.1) is 12.2 Å². The van der Waals surface area contributed by atoms with Gasteiger partial charge in [-0.3, -0.25) is 4.98 Å². The number of hydrogen-bond acceptors (Lipinski definition) is 4. The number of nitrogens with two attached hydrogens (primary N) is 1. The normalized spacial score (nSPS) is 16.5. The summed E-state index contributed by atoms with van der Waals surface area (Å²) in [5.41, 5.74) is 10.1. The summed E-state index contributed by atoms with van der Waals surface area (Å²) in [7, 11) is 0. The molecular weight excluding hydrogens is 380 g/mol. The van der Waals surface area contributed by atoms with E-state index in [2.05, 4.69) is 4.98 Å². The predicted octanol–water partition coefficient (Wildman–Crippen LogP) is 4.67. The number of pyridine rings is 1. The Labute approximate surface area is 167 Å². The van der Waals surface area contributed by atoms with E-state index in [-0.39, 0.29) is 25.9 Å². The number of aromatic nitrogens is 1. The van der Waals surface area contributed by atoms with Gasteiger partial charge < -0.3 is 15.1 Å². The first-order valence-corrected chi connectivity index (χ1v) is 9.64. The van der Waals surface area contributed by atoms with Crippen LogP contribution in [0, 0.1) is 6.92 Å². The number of halogens is 2. The number of piperidine rings is 1. The van der Waals surface area contributed by atoms with Crippen molar-refractivity contribution in [3.8, 4) is 11.3 Å². The summed E-state index contributed by atoms with van der Waals surface area (Å²) in [5.74, 6) is -1.84. The van der Waals surface area contributed by atoms with Crippen LogP contribution in [0.2, 0.25) is 0 Å². The molecule has 28 heavy (non-hydrogen) atoms. The van der Waals surface area contributed by atoms with Crippen molar-refractivity contribution in [3.05, 3.63) is 53.4 Å². The summed E-state index contributed by atoms with van der Waals surface area (Å²) in [5, 5.41) is 0.992. The van der Waals surface area contributed by atoms with Gasteiger partial charge in [-0.1, -0.05) is 12.2 Å². The van der Waals surface area contributed by atoms with Crippen LogP contribution in [0.1, 0.15) is 29.7 Å². The molecule has 0 radical (unpaired) electrons. The number of thiocarbonyl (C=S) groups is 1. The first-order valence-electron chi connectivity index (χ1n) is 9.23. The highest BCUT2D eigenvalue weighted by molar-refractivity contribution is 7.80. The van der Waals surface area contributed by atoms with Crippen molar-refractivity contribution in [1.82, 2.24) is 9.88 Å². The summed E-state index contributed by atoms with van der Waals surface area (Å²) in [6, 6.07) is 9.81. The van der Waals surface area contributed by atoms with Crippen molar-refractivity contribution in [2.45, 2.75) is 32.2 Å². The summed E-state index contributed by atoms with van der Waals surface area (Å²) >= 11 is 5.49. The zero-order valence-electron chi connectivity index (χ0n) is 15.5. The van der Waals surface area contributed by atoms with Crippen molar-refractivity contribution < 1.29 is 13.2 Å². The lowest BCUT2D eigenvalue weighted by molar-refractivity contribution is -0.0430. The van der Waals surface area contributed by atoms with E-state index in [1.165, 1.54) is 0 Å². The molecule has 1 aromatic carbocycles. The molecule has 0 atom stereocenters. The van der Waals surface area contributed by atoms with E-state index in [0.29, 0.717) is 11.5 Å². The van der Waals surface area contributed by atoms with Crippen LogP contribution in [0.5, 0.6) is 0 Å². The highest BCUT2D eigenvalue weighted by Gasteiger charge is 2.34. The number of likely N-dealkylation sites (tertiary alicyclic amines) is 1. The number of hydrogen-bond donors (Lipinski definition) is 1. The third-order valence-corrected chi connectivity index (χ3v) is 5.64. The molecule has 146 valence electrons. The molecule has 1 fully saturated rings. The monoisotopic (exact) mass is 401 g/mol. The number of benzene rings is 1. The quantitative estimate of drug-likeness (QED) is 0.647. The van der Waals surface area contributed by atoms with Crippen molar-refractivity contribution in [2.75, 3.05) is 13.1 Å². The molecule has 1 aliphatic rings. The van der Waals surface area contributed by atoms with Crippen LogP contribution in [0.3, 0.4) is 0 Å². The lowest BCUT2D eigenvalue weighted by Gasteiger charge is -2.33. The fourth-order valence-electron chi connectivity index (χ4n) is 3.54. The minimum Gasteiger partial charge on any atom is -0.459 e. The Hall–Kier alpha value is -2.38. The summed E-state index contributed by atoms with van der Waals surface area (Å²) in [6.45, 7) is 2.89. The third kappa shape index (κ3) is 3.64. The molecule has 0 bridgehead atoms. The van der Waals surface area contributed by atoms with Crippen molar-refractivity contribution in [1.29, 1.82) is 0 Å². The van der Waals surface area contributed by atoms with Crippen molar-refractivity contribution in [2.24, 2.45) is 5.73 Å². The van der Waals surface area contributed by atoms with E-state index in [1.54, 1.807) is 6.20 Å².